The number of ether oxygens (including phenoxy) is 1. The number of ketones is 1. The quantitative estimate of drug-likeness (QED) is 0.325. The maximum atomic E-state index is 13.1. The summed E-state index contributed by atoms with van der Waals surface area (Å²) in [6.45, 7) is 0. The number of rotatable bonds is 7. The number of benzene rings is 2. The van der Waals surface area contributed by atoms with Gasteiger partial charge in [0.05, 0.1) is 12.9 Å². The molecule has 2 aromatic heterocycles. The first kappa shape index (κ1) is 19.8. The highest BCUT2D eigenvalue weighted by Crippen LogP contribution is 2.29. The van der Waals surface area contributed by atoms with E-state index in [1.165, 1.54) is 36.0 Å². The highest BCUT2D eigenvalue weighted by Gasteiger charge is 2.18. The molecule has 6 nitrogen and oxygen atoms in total. The molecule has 150 valence electrons. The third-order valence-corrected chi connectivity index (χ3v) is 5.31. The predicted octanol–water partition coefficient (Wildman–Crippen LogP) is 4.45. The zero-order valence-corrected chi connectivity index (χ0v) is 16.8. The van der Waals surface area contributed by atoms with E-state index in [-0.39, 0.29) is 17.4 Å². The van der Waals surface area contributed by atoms with Gasteiger partial charge < -0.3 is 4.74 Å². The van der Waals surface area contributed by atoms with Gasteiger partial charge in [-0.2, -0.15) is 0 Å². The average molecular weight is 420 g/mol. The molecule has 0 aliphatic heterocycles. The van der Waals surface area contributed by atoms with Crippen molar-refractivity contribution in [1.29, 1.82) is 0 Å². The fourth-order valence-electron chi connectivity index (χ4n) is 2.86. The van der Waals surface area contributed by atoms with Crippen molar-refractivity contribution < 1.29 is 13.9 Å². The van der Waals surface area contributed by atoms with E-state index in [4.69, 9.17) is 4.74 Å². The minimum Gasteiger partial charge on any atom is -0.497 e. The van der Waals surface area contributed by atoms with Crippen molar-refractivity contribution in [2.75, 3.05) is 12.9 Å². The number of pyridine rings is 1. The second-order valence-electron chi connectivity index (χ2n) is 6.30. The van der Waals surface area contributed by atoms with Gasteiger partial charge in [-0.05, 0) is 60.7 Å². The van der Waals surface area contributed by atoms with E-state index in [9.17, 15) is 9.18 Å². The van der Waals surface area contributed by atoms with Gasteiger partial charge in [-0.3, -0.25) is 14.3 Å². The van der Waals surface area contributed by atoms with E-state index >= 15 is 0 Å². The first-order valence-corrected chi connectivity index (χ1v) is 10.1. The Balaban J connectivity index is 1.66. The summed E-state index contributed by atoms with van der Waals surface area (Å²) < 4.78 is 20.2. The van der Waals surface area contributed by atoms with Crippen LogP contribution in [0, 0.1) is 5.82 Å². The molecule has 0 amide bonds. The number of carbonyl (C=O) groups excluding carboxylic acids is 1. The molecule has 30 heavy (non-hydrogen) atoms. The first-order valence-electron chi connectivity index (χ1n) is 9.07. The van der Waals surface area contributed by atoms with E-state index in [0.717, 1.165) is 17.0 Å². The van der Waals surface area contributed by atoms with Crippen molar-refractivity contribution in [3.63, 3.8) is 0 Å². The summed E-state index contributed by atoms with van der Waals surface area (Å²) in [4.78, 5) is 16.7. The molecule has 0 spiro atoms. The second kappa shape index (κ2) is 8.87. The van der Waals surface area contributed by atoms with Crippen molar-refractivity contribution in [2.24, 2.45) is 0 Å². The molecule has 0 saturated heterocycles. The molecule has 4 rings (SSSR count). The van der Waals surface area contributed by atoms with Crippen LogP contribution in [0.15, 0.2) is 78.2 Å². The number of nitrogens with zero attached hydrogens (tertiary/aromatic N) is 4. The van der Waals surface area contributed by atoms with E-state index in [2.05, 4.69) is 15.2 Å². The minimum absolute atomic E-state index is 0.118. The smallest absolute Gasteiger partial charge is 0.196 e. The van der Waals surface area contributed by atoms with Crippen LogP contribution in [-0.2, 0) is 0 Å². The van der Waals surface area contributed by atoms with Gasteiger partial charge in [0.25, 0.3) is 0 Å². The van der Waals surface area contributed by atoms with Crippen molar-refractivity contribution in [2.45, 2.75) is 5.16 Å². The van der Waals surface area contributed by atoms with E-state index in [1.807, 2.05) is 41.0 Å². The third kappa shape index (κ3) is 4.23. The van der Waals surface area contributed by atoms with Gasteiger partial charge in [0.2, 0.25) is 0 Å². The molecule has 0 saturated carbocycles. The maximum absolute atomic E-state index is 13.1. The van der Waals surface area contributed by atoms with Crippen LogP contribution >= 0.6 is 11.8 Å². The van der Waals surface area contributed by atoms with Gasteiger partial charge in [-0.25, -0.2) is 4.39 Å². The molecular formula is C22H17FN4O2S. The lowest BCUT2D eigenvalue weighted by Gasteiger charge is -2.11. The highest BCUT2D eigenvalue weighted by atomic mass is 32.2. The van der Waals surface area contributed by atoms with Crippen molar-refractivity contribution in [3.8, 4) is 22.8 Å². The number of hydrogen-bond acceptors (Lipinski definition) is 6. The first-order chi connectivity index (χ1) is 14.7. The van der Waals surface area contributed by atoms with Crippen LogP contribution < -0.4 is 4.74 Å². The van der Waals surface area contributed by atoms with Crippen LogP contribution in [0.1, 0.15) is 10.4 Å². The molecule has 2 aromatic carbocycles. The number of hydrogen-bond donors (Lipinski definition) is 0. The predicted molar refractivity (Wildman–Crippen MR) is 113 cm³/mol. The molecule has 4 aromatic rings. The van der Waals surface area contributed by atoms with E-state index in [1.54, 1.807) is 19.5 Å². The Morgan fingerprint density at radius 1 is 1.07 bits per heavy atom. The zero-order chi connectivity index (χ0) is 20.9. The Kier molecular flexibility index (Phi) is 5.85. The number of thioether (sulfide) groups is 1. The number of carbonyl (C=O) groups is 1. The van der Waals surface area contributed by atoms with E-state index < -0.39 is 0 Å². The van der Waals surface area contributed by atoms with E-state index in [0.29, 0.717) is 16.5 Å². The van der Waals surface area contributed by atoms with Gasteiger partial charge in [-0.15, -0.1) is 10.2 Å². The third-order valence-electron chi connectivity index (χ3n) is 4.38. The standard InChI is InChI=1S/C22H17FN4O2S/c1-29-19-10-8-18(9-11-19)27-21(16-3-2-12-24-13-16)25-26-22(27)30-14-20(28)15-4-6-17(23)7-5-15/h2-13H,14H2,1H3. The lowest BCUT2D eigenvalue weighted by atomic mass is 10.1. The second-order valence-corrected chi connectivity index (χ2v) is 7.24. The molecule has 0 radical (unpaired) electrons. The number of Topliss-reactive ketones (excluding diaryl/α,β-unsaturated/α-hetero) is 1. The monoisotopic (exact) mass is 420 g/mol. The summed E-state index contributed by atoms with van der Waals surface area (Å²) in [6.07, 6.45) is 3.40. The molecule has 0 aliphatic carbocycles. The zero-order valence-electron chi connectivity index (χ0n) is 16.0. The molecule has 2 heterocycles. The van der Waals surface area contributed by atoms with Gasteiger partial charge in [0.1, 0.15) is 11.6 Å². The lowest BCUT2D eigenvalue weighted by Crippen LogP contribution is -2.05. The maximum Gasteiger partial charge on any atom is 0.196 e. The summed E-state index contributed by atoms with van der Waals surface area (Å²) in [5.74, 6) is 1.000. The number of aromatic nitrogens is 4. The molecule has 0 unspecified atom stereocenters. The van der Waals surface area contributed by atoms with Crippen LogP contribution in [0.3, 0.4) is 0 Å². The van der Waals surface area contributed by atoms with Crippen molar-refractivity contribution in [1.82, 2.24) is 19.7 Å². The van der Waals surface area contributed by atoms with Crippen LogP contribution in [0.5, 0.6) is 5.75 Å². The Labute approximate surface area is 176 Å². The minimum atomic E-state index is -0.375. The van der Waals surface area contributed by atoms with Gasteiger partial charge in [0, 0.05) is 29.2 Å². The van der Waals surface area contributed by atoms with Crippen molar-refractivity contribution in [3.05, 3.63) is 84.4 Å². The van der Waals surface area contributed by atoms with Gasteiger partial charge in [0.15, 0.2) is 16.8 Å². The Morgan fingerprint density at radius 2 is 1.83 bits per heavy atom. The fourth-order valence-corrected chi connectivity index (χ4v) is 3.71. The average Bonchev–Trinajstić information content (AvgIpc) is 3.22. The van der Waals surface area contributed by atoms with Crippen LogP contribution in [0.2, 0.25) is 0 Å². The topological polar surface area (TPSA) is 69.9 Å². The Hall–Kier alpha value is -3.52. The Morgan fingerprint density at radius 3 is 2.50 bits per heavy atom. The summed E-state index contributed by atoms with van der Waals surface area (Å²) in [5.41, 5.74) is 2.08. The Bertz CT molecular complexity index is 1150. The summed E-state index contributed by atoms with van der Waals surface area (Å²) in [5, 5.41) is 9.19. The van der Waals surface area contributed by atoms with Crippen LogP contribution in [-0.4, -0.2) is 38.4 Å². The van der Waals surface area contributed by atoms with Crippen LogP contribution in [0.25, 0.3) is 17.1 Å². The largest absolute Gasteiger partial charge is 0.497 e. The molecule has 0 bridgehead atoms. The molecular weight excluding hydrogens is 403 g/mol. The highest BCUT2D eigenvalue weighted by molar-refractivity contribution is 7.99. The molecule has 8 heteroatoms. The van der Waals surface area contributed by atoms with Crippen molar-refractivity contribution >= 4 is 17.5 Å². The van der Waals surface area contributed by atoms with Crippen LogP contribution in [0.4, 0.5) is 4.39 Å². The summed E-state index contributed by atoms with van der Waals surface area (Å²) in [7, 11) is 1.61. The summed E-state index contributed by atoms with van der Waals surface area (Å²) >= 11 is 1.27. The number of methoxy groups -OCH3 is 1. The van der Waals surface area contributed by atoms with Gasteiger partial charge in [-0.1, -0.05) is 11.8 Å². The SMILES string of the molecule is COc1ccc(-n2c(SCC(=O)c3ccc(F)cc3)nnc2-c2cccnc2)cc1. The molecule has 0 N–H and O–H groups in total. The number of halogens is 1. The molecule has 0 aliphatic rings. The fraction of sp³-hybridized carbons (Fsp3) is 0.0909. The lowest BCUT2D eigenvalue weighted by molar-refractivity contribution is 0.102. The normalized spacial score (nSPS) is 10.7. The molecule has 0 atom stereocenters. The molecule has 0 fully saturated rings. The van der Waals surface area contributed by atoms with Gasteiger partial charge >= 0.3 is 0 Å². The summed E-state index contributed by atoms with van der Waals surface area (Å²) in [6, 6.07) is 16.7.